The quantitative estimate of drug-likeness (QED) is 0.416. The van der Waals surface area contributed by atoms with Gasteiger partial charge in [-0.15, -0.1) is 0 Å². The number of ether oxygens (including phenoxy) is 1. The molecule has 9 nitrogen and oxygen atoms in total. The molecule has 1 aliphatic rings. The smallest absolute Gasteiger partial charge is 0.414 e. The number of hydrogen-bond acceptors (Lipinski definition) is 6. The van der Waals surface area contributed by atoms with Crippen LogP contribution in [0.15, 0.2) is 36.5 Å². The summed E-state index contributed by atoms with van der Waals surface area (Å²) in [5.41, 5.74) is 1.31. The van der Waals surface area contributed by atoms with Crippen LogP contribution in [0.2, 0.25) is 0 Å². The van der Waals surface area contributed by atoms with Gasteiger partial charge in [-0.2, -0.15) is 0 Å². The van der Waals surface area contributed by atoms with Crippen LogP contribution in [-0.2, 0) is 9.53 Å². The lowest BCUT2D eigenvalue weighted by Crippen LogP contribution is -2.33. The third-order valence-electron chi connectivity index (χ3n) is 4.83. The van der Waals surface area contributed by atoms with Crippen molar-refractivity contribution in [2.24, 2.45) is 0 Å². The van der Waals surface area contributed by atoms with Gasteiger partial charge in [-0.25, -0.2) is 14.2 Å². The van der Waals surface area contributed by atoms with E-state index in [1.807, 2.05) is 7.05 Å². The van der Waals surface area contributed by atoms with E-state index in [0.717, 1.165) is 0 Å². The fourth-order valence-electron chi connectivity index (χ4n) is 3.20. The molecule has 1 saturated heterocycles. The molecule has 0 aliphatic carbocycles. The first-order valence-electron chi connectivity index (χ1n) is 9.83. The summed E-state index contributed by atoms with van der Waals surface area (Å²) in [4.78, 5) is 30.5. The van der Waals surface area contributed by atoms with E-state index in [1.54, 1.807) is 35.4 Å². The van der Waals surface area contributed by atoms with Crippen molar-refractivity contribution in [3.63, 3.8) is 0 Å². The van der Waals surface area contributed by atoms with E-state index >= 15 is 0 Å². The van der Waals surface area contributed by atoms with Gasteiger partial charge in [-0.1, -0.05) is 0 Å². The Morgan fingerprint density at radius 1 is 1.42 bits per heavy atom. The Kier molecular flexibility index (Phi) is 7.14. The molecule has 0 saturated carbocycles. The zero-order valence-corrected chi connectivity index (χ0v) is 17.4. The fourth-order valence-corrected chi connectivity index (χ4v) is 3.20. The van der Waals surface area contributed by atoms with Crippen molar-refractivity contribution in [1.29, 1.82) is 5.41 Å². The zero-order chi connectivity index (χ0) is 22.4. The van der Waals surface area contributed by atoms with E-state index in [-0.39, 0.29) is 19.0 Å². The Balaban J connectivity index is 1.73. The minimum atomic E-state index is -0.582. The maximum Gasteiger partial charge on any atom is 0.414 e. The second kappa shape index (κ2) is 9.98. The number of nitrogens with one attached hydrogen (secondary N) is 3. The van der Waals surface area contributed by atoms with Crippen LogP contribution in [0.1, 0.15) is 6.92 Å². The van der Waals surface area contributed by atoms with Crippen molar-refractivity contribution in [1.82, 2.24) is 15.6 Å². The van der Waals surface area contributed by atoms with Crippen molar-refractivity contribution in [2.75, 3.05) is 43.0 Å². The van der Waals surface area contributed by atoms with Crippen molar-refractivity contribution in [3.8, 4) is 11.1 Å². The van der Waals surface area contributed by atoms with Crippen molar-refractivity contribution >= 4 is 29.8 Å². The van der Waals surface area contributed by atoms with Crippen LogP contribution in [0.4, 0.5) is 20.7 Å². The number of amides is 2. The molecule has 1 aromatic heterocycles. The first kappa shape index (κ1) is 22.2. The van der Waals surface area contributed by atoms with Gasteiger partial charge in [-0.3, -0.25) is 15.1 Å². The molecule has 0 bridgehead atoms. The van der Waals surface area contributed by atoms with Crippen LogP contribution < -0.4 is 20.4 Å². The minimum Gasteiger partial charge on any atom is -0.442 e. The average molecular weight is 428 g/mol. The number of pyridine rings is 1. The molecule has 2 aromatic rings. The van der Waals surface area contributed by atoms with E-state index in [9.17, 15) is 14.0 Å². The minimum absolute atomic E-state index is 0.206. The molecule has 1 unspecified atom stereocenters. The topological polar surface area (TPSA) is 111 Å². The molecule has 0 radical (unpaired) electrons. The molecule has 10 heteroatoms. The molecular weight excluding hydrogens is 403 g/mol. The monoisotopic (exact) mass is 428 g/mol. The van der Waals surface area contributed by atoms with E-state index < -0.39 is 18.0 Å². The molecule has 1 aliphatic heterocycles. The maximum absolute atomic E-state index is 14.8. The molecule has 31 heavy (non-hydrogen) atoms. The Morgan fingerprint density at radius 2 is 2.23 bits per heavy atom. The highest BCUT2D eigenvalue weighted by Crippen LogP contribution is 2.29. The van der Waals surface area contributed by atoms with Gasteiger partial charge in [0.1, 0.15) is 17.7 Å². The van der Waals surface area contributed by atoms with Gasteiger partial charge in [0.05, 0.1) is 25.1 Å². The highest BCUT2D eigenvalue weighted by Gasteiger charge is 2.32. The third kappa shape index (κ3) is 5.34. The first-order chi connectivity index (χ1) is 14.9. The molecule has 0 spiro atoms. The summed E-state index contributed by atoms with van der Waals surface area (Å²) in [7, 11) is 1.83. The SMILES string of the molecule is CNCCN(C=N)c1ccc(-c2ccc(N3CC(CNC(C)=O)OC3=O)cc2F)cn1. The predicted octanol–water partition coefficient (Wildman–Crippen LogP) is 1.98. The number of rotatable bonds is 9. The summed E-state index contributed by atoms with van der Waals surface area (Å²) in [5, 5.41) is 13.1. The van der Waals surface area contributed by atoms with E-state index in [1.165, 1.54) is 24.2 Å². The van der Waals surface area contributed by atoms with Crippen LogP contribution in [0.3, 0.4) is 0 Å². The largest absolute Gasteiger partial charge is 0.442 e. The van der Waals surface area contributed by atoms with Crippen LogP contribution in [-0.4, -0.2) is 62.7 Å². The number of halogens is 1. The van der Waals surface area contributed by atoms with Crippen LogP contribution >= 0.6 is 0 Å². The Bertz CT molecular complexity index is 953. The lowest BCUT2D eigenvalue weighted by molar-refractivity contribution is -0.119. The van der Waals surface area contributed by atoms with E-state index in [0.29, 0.717) is 35.7 Å². The maximum atomic E-state index is 14.8. The number of nitrogens with zero attached hydrogens (tertiary/aromatic N) is 3. The zero-order valence-electron chi connectivity index (χ0n) is 17.4. The lowest BCUT2D eigenvalue weighted by atomic mass is 10.1. The molecule has 2 heterocycles. The van der Waals surface area contributed by atoms with Crippen LogP contribution in [0.5, 0.6) is 0 Å². The molecule has 3 rings (SSSR count). The summed E-state index contributed by atoms with van der Waals surface area (Å²) in [5.74, 6) is -0.115. The molecule has 1 aromatic carbocycles. The molecule has 164 valence electrons. The average Bonchev–Trinajstić information content (AvgIpc) is 3.14. The van der Waals surface area contributed by atoms with E-state index in [4.69, 9.17) is 10.1 Å². The summed E-state index contributed by atoms with van der Waals surface area (Å²) in [6.07, 6.45) is 1.68. The standard InChI is InChI=1S/C21H25FN6O3/c1-14(29)25-11-17-12-28(21(30)31-17)16-4-5-18(19(22)9-16)15-3-6-20(26-10-15)27(13-23)8-7-24-2/h3-6,9-10,13,17,23-24H,7-8,11-12H2,1-2H3,(H,25,29). The Hall–Kier alpha value is -3.53. The summed E-state index contributed by atoms with van der Waals surface area (Å²) >= 11 is 0. The van der Waals surface area contributed by atoms with Crippen LogP contribution in [0, 0.1) is 11.2 Å². The number of likely N-dealkylation sites (N-methyl/N-ethyl adjacent to an activating group) is 1. The molecule has 3 N–H and O–H groups in total. The highest BCUT2D eigenvalue weighted by molar-refractivity contribution is 5.90. The van der Waals surface area contributed by atoms with Gasteiger partial charge in [0.15, 0.2) is 0 Å². The second-order valence-electron chi connectivity index (χ2n) is 7.05. The summed E-state index contributed by atoms with van der Waals surface area (Å²) in [6.45, 7) is 3.09. The second-order valence-corrected chi connectivity index (χ2v) is 7.05. The van der Waals surface area contributed by atoms with Gasteiger partial charge >= 0.3 is 6.09 Å². The highest BCUT2D eigenvalue weighted by atomic mass is 19.1. The number of aromatic nitrogens is 1. The number of hydrogen-bond donors (Lipinski definition) is 3. The normalized spacial score (nSPS) is 15.5. The predicted molar refractivity (Wildman–Crippen MR) is 116 cm³/mol. The summed E-state index contributed by atoms with van der Waals surface area (Å²) in [6, 6.07) is 7.98. The van der Waals surface area contributed by atoms with E-state index in [2.05, 4.69) is 15.6 Å². The molecule has 2 amide bonds. The Labute approximate surface area is 179 Å². The summed E-state index contributed by atoms with van der Waals surface area (Å²) < 4.78 is 20.1. The van der Waals surface area contributed by atoms with Gasteiger partial charge in [-0.05, 0) is 37.4 Å². The van der Waals surface area contributed by atoms with Crippen molar-refractivity contribution < 1.29 is 18.7 Å². The van der Waals surface area contributed by atoms with Gasteiger partial charge < -0.3 is 20.3 Å². The van der Waals surface area contributed by atoms with Gasteiger partial charge in [0, 0.05) is 37.3 Å². The number of carbonyl (C=O) groups is 2. The third-order valence-corrected chi connectivity index (χ3v) is 4.83. The lowest BCUT2D eigenvalue weighted by Gasteiger charge is -2.18. The molecule has 1 atom stereocenters. The van der Waals surface area contributed by atoms with Gasteiger partial charge in [0.2, 0.25) is 5.91 Å². The number of benzene rings is 1. The first-order valence-corrected chi connectivity index (χ1v) is 9.83. The molecule has 1 fully saturated rings. The van der Waals surface area contributed by atoms with Crippen molar-refractivity contribution in [3.05, 3.63) is 42.3 Å². The fraction of sp³-hybridized carbons (Fsp3) is 0.333. The Morgan fingerprint density at radius 3 is 2.84 bits per heavy atom. The number of carbonyl (C=O) groups excluding carboxylic acids is 2. The van der Waals surface area contributed by atoms with Gasteiger partial charge in [0.25, 0.3) is 0 Å². The molecular formula is C21H25FN6O3. The number of anilines is 2. The number of cyclic esters (lactones) is 1. The van der Waals surface area contributed by atoms with Crippen molar-refractivity contribution in [2.45, 2.75) is 13.0 Å². The van der Waals surface area contributed by atoms with Crippen LogP contribution in [0.25, 0.3) is 11.1 Å².